The standard InChI is InChI=1S/C16H27N3/c1-4-14-5-7-15(8-6-14)18(2)11-9-16-13-17-10-12-19(16)3/h5-8,16-17H,4,9-13H2,1-3H3. The predicted octanol–water partition coefficient (Wildman–Crippen LogP) is 1.98. The van der Waals surface area contributed by atoms with Gasteiger partial charge in [-0.05, 0) is 37.6 Å². The Morgan fingerprint density at radius 1 is 1.32 bits per heavy atom. The molecule has 1 aliphatic rings. The summed E-state index contributed by atoms with van der Waals surface area (Å²) in [6, 6.07) is 9.62. The molecule has 1 heterocycles. The lowest BCUT2D eigenvalue weighted by Gasteiger charge is -2.34. The van der Waals surface area contributed by atoms with Gasteiger partial charge in [-0.15, -0.1) is 0 Å². The van der Waals surface area contributed by atoms with E-state index in [2.05, 4.69) is 60.4 Å². The summed E-state index contributed by atoms with van der Waals surface area (Å²) >= 11 is 0. The van der Waals surface area contributed by atoms with Gasteiger partial charge in [0.25, 0.3) is 0 Å². The Morgan fingerprint density at radius 2 is 2.05 bits per heavy atom. The van der Waals surface area contributed by atoms with Gasteiger partial charge >= 0.3 is 0 Å². The first-order chi connectivity index (χ1) is 9.20. The van der Waals surface area contributed by atoms with Crippen molar-refractivity contribution < 1.29 is 0 Å². The number of nitrogens with one attached hydrogen (secondary N) is 1. The third kappa shape index (κ3) is 3.95. The highest BCUT2D eigenvalue weighted by Crippen LogP contribution is 2.15. The normalized spacial score (nSPS) is 20.5. The Hall–Kier alpha value is -1.06. The molecule has 1 atom stereocenters. The fourth-order valence-corrected chi connectivity index (χ4v) is 2.64. The van der Waals surface area contributed by atoms with E-state index in [9.17, 15) is 0 Å². The smallest absolute Gasteiger partial charge is 0.0363 e. The Bertz CT molecular complexity index is 374. The van der Waals surface area contributed by atoms with Crippen molar-refractivity contribution in [3.63, 3.8) is 0 Å². The van der Waals surface area contributed by atoms with Crippen LogP contribution in [0, 0.1) is 0 Å². The minimum atomic E-state index is 0.672. The van der Waals surface area contributed by atoms with E-state index >= 15 is 0 Å². The summed E-state index contributed by atoms with van der Waals surface area (Å²) in [5.41, 5.74) is 2.73. The zero-order chi connectivity index (χ0) is 13.7. The number of likely N-dealkylation sites (N-methyl/N-ethyl adjacent to an activating group) is 1. The maximum Gasteiger partial charge on any atom is 0.0363 e. The molecular formula is C16H27N3. The van der Waals surface area contributed by atoms with Crippen LogP contribution < -0.4 is 10.2 Å². The van der Waals surface area contributed by atoms with E-state index < -0.39 is 0 Å². The van der Waals surface area contributed by atoms with Crippen molar-refractivity contribution in [2.24, 2.45) is 0 Å². The predicted molar refractivity (Wildman–Crippen MR) is 83.0 cm³/mol. The van der Waals surface area contributed by atoms with Crippen molar-refractivity contribution in [2.75, 3.05) is 45.2 Å². The van der Waals surface area contributed by atoms with Crippen LogP contribution in [0.25, 0.3) is 0 Å². The SMILES string of the molecule is CCc1ccc(N(C)CCC2CNCCN2C)cc1. The highest BCUT2D eigenvalue weighted by molar-refractivity contribution is 5.46. The number of benzene rings is 1. The van der Waals surface area contributed by atoms with Crippen molar-refractivity contribution in [3.05, 3.63) is 29.8 Å². The molecule has 0 saturated carbocycles. The quantitative estimate of drug-likeness (QED) is 0.874. The number of anilines is 1. The van der Waals surface area contributed by atoms with Crippen LogP contribution in [0.3, 0.4) is 0 Å². The number of piperazine rings is 1. The van der Waals surface area contributed by atoms with Crippen LogP contribution in [-0.4, -0.2) is 51.2 Å². The molecule has 19 heavy (non-hydrogen) atoms. The maximum absolute atomic E-state index is 3.48. The molecule has 2 rings (SSSR count). The van der Waals surface area contributed by atoms with Gasteiger partial charge in [-0.3, -0.25) is 0 Å². The first-order valence-electron chi connectivity index (χ1n) is 7.41. The van der Waals surface area contributed by atoms with Crippen LogP contribution in [0.4, 0.5) is 5.69 Å². The third-order valence-corrected chi connectivity index (χ3v) is 4.23. The van der Waals surface area contributed by atoms with Gasteiger partial charge in [-0.25, -0.2) is 0 Å². The van der Waals surface area contributed by atoms with Crippen molar-refractivity contribution in [1.29, 1.82) is 0 Å². The van der Waals surface area contributed by atoms with Gasteiger partial charge in [0.05, 0.1) is 0 Å². The molecule has 1 fully saturated rings. The summed E-state index contributed by atoms with van der Waals surface area (Å²) in [5, 5.41) is 3.48. The molecule has 1 aliphatic heterocycles. The number of aryl methyl sites for hydroxylation is 1. The van der Waals surface area contributed by atoms with E-state index in [4.69, 9.17) is 0 Å². The largest absolute Gasteiger partial charge is 0.375 e. The minimum absolute atomic E-state index is 0.672. The average molecular weight is 261 g/mol. The number of rotatable bonds is 5. The number of hydrogen-bond donors (Lipinski definition) is 1. The number of hydrogen-bond acceptors (Lipinski definition) is 3. The molecule has 3 nitrogen and oxygen atoms in total. The molecule has 106 valence electrons. The second-order valence-electron chi connectivity index (χ2n) is 5.57. The molecule has 0 amide bonds. The van der Waals surface area contributed by atoms with Gasteiger partial charge in [0.15, 0.2) is 0 Å². The summed E-state index contributed by atoms with van der Waals surface area (Å²) < 4.78 is 0. The summed E-state index contributed by atoms with van der Waals surface area (Å²) in [6.45, 7) is 6.73. The highest BCUT2D eigenvalue weighted by Gasteiger charge is 2.18. The summed E-state index contributed by atoms with van der Waals surface area (Å²) in [7, 11) is 4.43. The first kappa shape index (κ1) is 14.4. The van der Waals surface area contributed by atoms with E-state index in [1.165, 1.54) is 24.2 Å². The third-order valence-electron chi connectivity index (χ3n) is 4.23. The van der Waals surface area contributed by atoms with Gasteiger partial charge in [0, 0.05) is 45.0 Å². The van der Waals surface area contributed by atoms with E-state index in [0.29, 0.717) is 6.04 Å². The zero-order valence-electron chi connectivity index (χ0n) is 12.5. The number of nitrogens with zero attached hydrogens (tertiary/aromatic N) is 2. The van der Waals surface area contributed by atoms with E-state index in [-0.39, 0.29) is 0 Å². The van der Waals surface area contributed by atoms with Crippen molar-refractivity contribution >= 4 is 5.69 Å². The molecule has 0 aromatic heterocycles. The van der Waals surface area contributed by atoms with Crippen LogP contribution in [0.15, 0.2) is 24.3 Å². The van der Waals surface area contributed by atoms with E-state index in [1.807, 2.05) is 0 Å². The van der Waals surface area contributed by atoms with Gasteiger partial charge in [-0.1, -0.05) is 19.1 Å². The Morgan fingerprint density at radius 3 is 2.68 bits per heavy atom. The summed E-state index contributed by atoms with van der Waals surface area (Å²) in [6.07, 6.45) is 2.33. The second kappa shape index (κ2) is 6.92. The summed E-state index contributed by atoms with van der Waals surface area (Å²) in [4.78, 5) is 4.84. The van der Waals surface area contributed by atoms with E-state index in [0.717, 1.165) is 26.1 Å². The molecular weight excluding hydrogens is 234 g/mol. The lowest BCUT2D eigenvalue weighted by atomic mass is 10.1. The van der Waals surface area contributed by atoms with Crippen molar-refractivity contribution in [1.82, 2.24) is 10.2 Å². The topological polar surface area (TPSA) is 18.5 Å². The molecule has 0 spiro atoms. The first-order valence-corrected chi connectivity index (χ1v) is 7.41. The molecule has 0 radical (unpaired) electrons. The minimum Gasteiger partial charge on any atom is -0.375 e. The highest BCUT2D eigenvalue weighted by atomic mass is 15.2. The van der Waals surface area contributed by atoms with Gasteiger partial charge in [-0.2, -0.15) is 0 Å². The van der Waals surface area contributed by atoms with Gasteiger partial charge < -0.3 is 15.1 Å². The fourth-order valence-electron chi connectivity index (χ4n) is 2.64. The van der Waals surface area contributed by atoms with Crippen molar-refractivity contribution in [2.45, 2.75) is 25.8 Å². The van der Waals surface area contributed by atoms with Gasteiger partial charge in [0.2, 0.25) is 0 Å². The van der Waals surface area contributed by atoms with Gasteiger partial charge in [0.1, 0.15) is 0 Å². The molecule has 1 saturated heterocycles. The van der Waals surface area contributed by atoms with Crippen LogP contribution in [0.5, 0.6) is 0 Å². The lowest BCUT2D eigenvalue weighted by Crippen LogP contribution is -2.50. The Kier molecular flexibility index (Phi) is 5.23. The fraction of sp³-hybridized carbons (Fsp3) is 0.625. The van der Waals surface area contributed by atoms with Crippen LogP contribution in [-0.2, 0) is 6.42 Å². The van der Waals surface area contributed by atoms with E-state index in [1.54, 1.807) is 0 Å². The van der Waals surface area contributed by atoms with Crippen LogP contribution in [0.1, 0.15) is 18.9 Å². The van der Waals surface area contributed by atoms with Crippen LogP contribution >= 0.6 is 0 Å². The maximum atomic E-state index is 3.48. The Balaban J connectivity index is 1.84. The molecule has 1 N–H and O–H groups in total. The Labute approximate surface area is 117 Å². The zero-order valence-corrected chi connectivity index (χ0v) is 12.5. The molecule has 1 unspecified atom stereocenters. The molecule has 0 bridgehead atoms. The molecule has 0 aliphatic carbocycles. The molecule has 3 heteroatoms. The monoisotopic (exact) mass is 261 g/mol. The second-order valence-corrected chi connectivity index (χ2v) is 5.57. The summed E-state index contributed by atoms with van der Waals surface area (Å²) in [5.74, 6) is 0. The van der Waals surface area contributed by atoms with Crippen molar-refractivity contribution in [3.8, 4) is 0 Å². The lowest BCUT2D eigenvalue weighted by molar-refractivity contribution is 0.192. The molecule has 1 aromatic carbocycles. The average Bonchev–Trinajstić information content (AvgIpc) is 2.46. The molecule has 1 aromatic rings. The van der Waals surface area contributed by atoms with Crippen LogP contribution in [0.2, 0.25) is 0 Å².